The standard InChI is InChI=1S/C13H24N2O.ClH/c1-12(2,3)9-15-11(16)10-8-13(10)4-6-14-7-5-13;/h10,14H,4-9H2,1-3H3,(H,15,16);1H. The number of nitrogens with one attached hydrogen (secondary N) is 2. The molecule has 2 rings (SSSR count). The van der Waals surface area contributed by atoms with E-state index in [0.29, 0.717) is 11.3 Å². The zero-order valence-electron chi connectivity index (χ0n) is 11.1. The van der Waals surface area contributed by atoms with Crippen LogP contribution < -0.4 is 10.6 Å². The van der Waals surface area contributed by atoms with E-state index in [9.17, 15) is 4.79 Å². The SMILES string of the molecule is CC(C)(C)CNC(=O)C1CC12CCNCC2.Cl. The van der Waals surface area contributed by atoms with Gasteiger partial charge in [-0.2, -0.15) is 0 Å². The van der Waals surface area contributed by atoms with Gasteiger partial charge in [0.25, 0.3) is 0 Å². The summed E-state index contributed by atoms with van der Waals surface area (Å²) in [4.78, 5) is 12.0. The molecule has 1 aliphatic carbocycles. The van der Waals surface area contributed by atoms with Crippen molar-refractivity contribution in [3.63, 3.8) is 0 Å². The molecule has 1 heterocycles. The van der Waals surface area contributed by atoms with Crippen LogP contribution >= 0.6 is 12.4 Å². The van der Waals surface area contributed by atoms with E-state index in [1.54, 1.807) is 0 Å². The highest BCUT2D eigenvalue weighted by atomic mass is 35.5. The molecule has 0 aromatic heterocycles. The number of carbonyl (C=O) groups excluding carboxylic acids is 1. The Bertz CT molecular complexity index is 280. The number of amides is 1. The maximum Gasteiger partial charge on any atom is 0.223 e. The summed E-state index contributed by atoms with van der Waals surface area (Å²) in [6, 6.07) is 0. The molecule has 17 heavy (non-hydrogen) atoms. The molecule has 1 saturated carbocycles. The Morgan fingerprint density at radius 1 is 1.35 bits per heavy atom. The highest BCUT2D eigenvalue weighted by Gasteiger charge is 2.57. The lowest BCUT2D eigenvalue weighted by Crippen LogP contribution is -2.36. The molecular formula is C13H25ClN2O. The first kappa shape index (κ1) is 14.8. The van der Waals surface area contributed by atoms with Gasteiger partial charge in [0.05, 0.1) is 0 Å². The van der Waals surface area contributed by atoms with Gasteiger partial charge >= 0.3 is 0 Å². The van der Waals surface area contributed by atoms with Crippen molar-refractivity contribution >= 4 is 18.3 Å². The van der Waals surface area contributed by atoms with Crippen LogP contribution in [0.3, 0.4) is 0 Å². The Morgan fingerprint density at radius 2 is 1.94 bits per heavy atom. The van der Waals surface area contributed by atoms with Gasteiger partial charge < -0.3 is 10.6 Å². The van der Waals surface area contributed by atoms with Gasteiger partial charge in [0.1, 0.15) is 0 Å². The minimum atomic E-state index is 0. The van der Waals surface area contributed by atoms with Crippen LogP contribution in [0.2, 0.25) is 0 Å². The molecule has 1 aliphatic heterocycles. The average Bonchev–Trinajstić information content (AvgIpc) is 2.89. The number of rotatable bonds is 2. The van der Waals surface area contributed by atoms with Crippen molar-refractivity contribution in [1.82, 2.24) is 10.6 Å². The van der Waals surface area contributed by atoms with E-state index >= 15 is 0 Å². The third-order valence-corrected chi connectivity index (χ3v) is 3.90. The fourth-order valence-electron chi connectivity index (χ4n) is 2.67. The van der Waals surface area contributed by atoms with Crippen molar-refractivity contribution in [3.05, 3.63) is 0 Å². The summed E-state index contributed by atoms with van der Waals surface area (Å²) in [6.07, 6.45) is 3.48. The fourth-order valence-corrected chi connectivity index (χ4v) is 2.67. The van der Waals surface area contributed by atoms with E-state index in [0.717, 1.165) is 26.1 Å². The second-order valence-electron chi connectivity index (χ2n) is 6.65. The summed E-state index contributed by atoms with van der Waals surface area (Å²) in [5, 5.41) is 6.46. The molecule has 0 aromatic rings. The van der Waals surface area contributed by atoms with Gasteiger partial charge in [0.2, 0.25) is 5.91 Å². The van der Waals surface area contributed by atoms with Gasteiger partial charge in [-0.05, 0) is 43.2 Å². The second kappa shape index (κ2) is 5.15. The molecule has 2 N–H and O–H groups in total. The number of hydrogen-bond donors (Lipinski definition) is 2. The third kappa shape index (κ3) is 3.59. The van der Waals surface area contributed by atoms with E-state index in [2.05, 4.69) is 31.4 Å². The van der Waals surface area contributed by atoms with Gasteiger partial charge in [0, 0.05) is 12.5 Å². The normalized spacial score (nSPS) is 26.2. The average molecular weight is 261 g/mol. The molecule has 3 nitrogen and oxygen atoms in total. The summed E-state index contributed by atoms with van der Waals surface area (Å²) in [6.45, 7) is 9.42. The highest BCUT2D eigenvalue weighted by Crippen LogP contribution is 2.58. The van der Waals surface area contributed by atoms with E-state index in [-0.39, 0.29) is 23.7 Å². The van der Waals surface area contributed by atoms with E-state index in [1.807, 2.05) is 0 Å². The van der Waals surface area contributed by atoms with Gasteiger partial charge in [-0.15, -0.1) is 12.4 Å². The number of hydrogen-bond acceptors (Lipinski definition) is 2. The number of carbonyl (C=O) groups is 1. The van der Waals surface area contributed by atoms with Crippen molar-refractivity contribution in [2.75, 3.05) is 19.6 Å². The Hall–Kier alpha value is -0.280. The van der Waals surface area contributed by atoms with E-state index in [1.165, 1.54) is 12.8 Å². The summed E-state index contributed by atoms with van der Waals surface area (Å²) in [5.74, 6) is 0.591. The zero-order valence-corrected chi connectivity index (χ0v) is 12.0. The predicted octanol–water partition coefficient (Wildman–Crippen LogP) is 1.96. The van der Waals surface area contributed by atoms with E-state index < -0.39 is 0 Å². The van der Waals surface area contributed by atoms with Gasteiger partial charge in [-0.1, -0.05) is 20.8 Å². The van der Waals surface area contributed by atoms with Crippen molar-refractivity contribution in [2.24, 2.45) is 16.7 Å². The van der Waals surface area contributed by atoms with Crippen molar-refractivity contribution < 1.29 is 4.79 Å². The maximum absolute atomic E-state index is 12.0. The second-order valence-corrected chi connectivity index (χ2v) is 6.65. The molecule has 1 spiro atoms. The largest absolute Gasteiger partial charge is 0.355 e. The summed E-state index contributed by atoms with van der Waals surface area (Å²) < 4.78 is 0. The number of piperidine rings is 1. The van der Waals surface area contributed by atoms with Crippen LogP contribution in [0.1, 0.15) is 40.0 Å². The first-order chi connectivity index (χ1) is 7.43. The first-order valence-corrected chi connectivity index (χ1v) is 6.41. The van der Waals surface area contributed by atoms with E-state index in [4.69, 9.17) is 0 Å². The minimum Gasteiger partial charge on any atom is -0.355 e. The lowest BCUT2D eigenvalue weighted by atomic mass is 9.91. The maximum atomic E-state index is 12.0. The monoisotopic (exact) mass is 260 g/mol. The zero-order chi connectivity index (χ0) is 11.8. The molecule has 100 valence electrons. The Labute approximate surface area is 111 Å². The van der Waals surface area contributed by atoms with Crippen LogP contribution in [0, 0.1) is 16.7 Å². The molecule has 1 unspecified atom stereocenters. The molecule has 2 aliphatic rings. The molecular weight excluding hydrogens is 236 g/mol. The topological polar surface area (TPSA) is 41.1 Å². The third-order valence-electron chi connectivity index (χ3n) is 3.90. The fraction of sp³-hybridized carbons (Fsp3) is 0.923. The molecule has 1 saturated heterocycles. The summed E-state index contributed by atoms with van der Waals surface area (Å²) in [7, 11) is 0. The molecule has 0 aromatic carbocycles. The van der Waals surface area contributed by atoms with Crippen LogP contribution in [0.4, 0.5) is 0 Å². The lowest BCUT2D eigenvalue weighted by molar-refractivity contribution is -0.123. The van der Waals surface area contributed by atoms with Crippen molar-refractivity contribution in [2.45, 2.75) is 40.0 Å². The van der Waals surface area contributed by atoms with Gasteiger partial charge in [-0.25, -0.2) is 0 Å². The smallest absolute Gasteiger partial charge is 0.223 e. The number of halogens is 1. The minimum absolute atomic E-state index is 0. The van der Waals surface area contributed by atoms with Crippen molar-refractivity contribution in [1.29, 1.82) is 0 Å². The Kier molecular flexibility index (Phi) is 4.48. The lowest BCUT2D eigenvalue weighted by Gasteiger charge is -2.24. The van der Waals surface area contributed by atoms with Crippen LogP contribution in [-0.2, 0) is 4.79 Å². The van der Waals surface area contributed by atoms with Gasteiger partial charge in [-0.3, -0.25) is 4.79 Å². The summed E-state index contributed by atoms with van der Waals surface area (Å²) >= 11 is 0. The molecule has 2 fully saturated rings. The molecule has 0 radical (unpaired) electrons. The van der Waals surface area contributed by atoms with Crippen LogP contribution in [0.5, 0.6) is 0 Å². The quantitative estimate of drug-likeness (QED) is 0.797. The highest BCUT2D eigenvalue weighted by molar-refractivity contribution is 5.85. The Balaban J connectivity index is 0.00000144. The summed E-state index contributed by atoms with van der Waals surface area (Å²) in [5.41, 5.74) is 0.555. The first-order valence-electron chi connectivity index (χ1n) is 6.41. The molecule has 4 heteroatoms. The predicted molar refractivity (Wildman–Crippen MR) is 72.4 cm³/mol. The Morgan fingerprint density at radius 3 is 2.47 bits per heavy atom. The van der Waals surface area contributed by atoms with Crippen LogP contribution in [-0.4, -0.2) is 25.5 Å². The molecule has 0 bridgehead atoms. The van der Waals surface area contributed by atoms with Crippen molar-refractivity contribution in [3.8, 4) is 0 Å². The molecule has 1 amide bonds. The molecule has 1 atom stereocenters. The van der Waals surface area contributed by atoms with Gasteiger partial charge in [0.15, 0.2) is 0 Å². The van der Waals surface area contributed by atoms with Crippen LogP contribution in [0.15, 0.2) is 0 Å². The van der Waals surface area contributed by atoms with Crippen LogP contribution in [0.25, 0.3) is 0 Å².